The number of carbonyl (C=O) groups is 2. The Morgan fingerprint density at radius 3 is 2.19 bits per heavy atom. The lowest BCUT2D eigenvalue weighted by Gasteiger charge is -2.33. The Bertz CT molecular complexity index is 1060. The summed E-state index contributed by atoms with van der Waals surface area (Å²) in [6, 6.07) is 10.2. The van der Waals surface area contributed by atoms with Gasteiger partial charge in [-0.3, -0.25) is 14.5 Å². The smallest absolute Gasteiger partial charge is 0.280 e. The number of nitrogens with one attached hydrogen (secondary N) is 1. The van der Waals surface area contributed by atoms with Crippen LogP contribution in [-0.4, -0.2) is 26.9 Å². The standard InChI is InChI=1S/C23H25FN4O2S/c1-14-10-15(2)12-18(11-14)28(22(30)19-13-31-27-26-19)20(21(29)25-23(3,4)5)16-6-8-17(24)9-7-16/h6-13,20H,1-5H3,(H,25,29). The third-order valence-electron chi connectivity index (χ3n) is 4.47. The second-order valence-electron chi connectivity index (χ2n) is 8.50. The first-order chi connectivity index (χ1) is 14.5. The number of anilines is 1. The van der Waals surface area contributed by atoms with E-state index in [1.807, 2.05) is 52.8 Å². The number of aryl methyl sites for hydroxylation is 2. The van der Waals surface area contributed by atoms with Crippen molar-refractivity contribution < 1.29 is 14.0 Å². The molecule has 0 fully saturated rings. The van der Waals surface area contributed by atoms with E-state index in [1.165, 1.54) is 29.2 Å². The number of hydrogen-bond acceptors (Lipinski definition) is 5. The number of amides is 2. The normalized spacial score (nSPS) is 12.3. The molecule has 1 atom stereocenters. The fraction of sp³-hybridized carbons (Fsp3) is 0.304. The van der Waals surface area contributed by atoms with Crippen LogP contribution >= 0.6 is 11.5 Å². The summed E-state index contributed by atoms with van der Waals surface area (Å²) < 4.78 is 17.4. The maximum absolute atomic E-state index is 13.6. The predicted molar refractivity (Wildman–Crippen MR) is 120 cm³/mol. The first kappa shape index (κ1) is 22.6. The summed E-state index contributed by atoms with van der Waals surface area (Å²) in [5.74, 6) is -1.27. The number of benzene rings is 2. The van der Waals surface area contributed by atoms with Gasteiger partial charge in [0.15, 0.2) is 5.69 Å². The van der Waals surface area contributed by atoms with Crippen molar-refractivity contribution in [3.05, 3.63) is 76.0 Å². The van der Waals surface area contributed by atoms with Crippen LogP contribution in [0.5, 0.6) is 0 Å². The van der Waals surface area contributed by atoms with Gasteiger partial charge < -0.3 is 5.32 Å². The van der Waals surface area contributed by atoms with E-state index in [1.54, 1.807) is 5.38 Å². The van der Waals surface area contributed by atoms with Crippen LogP contribution < -0.4 is 10.2 Å². The molecule has 1 N–H and O–H groups in total. The highest BCUT2D eigenvalue weighted by atomic mass is 32.1. The highest BCUT2D eigenvalue weighted by molar-refractivity contribution is 7.03. The fourth-order valence-electron chi connectivity index (χ4n) is 3.36. The van der Waals surface area contributed by atoms with Crippen LogP contribution in [0.25, 0.3) is 0 Å². The second-order valence-corrected chi connectivity index (χ2v) is 9.11. The van der Waals surface area contributed by atoms with Gasteiger partial charge in [-0.25, -0.2) is 4.39 Å². The van der Waals surface area contributed by atoms with Crippen LogP contribution in [0.3, 0.4) is 0 Å². The van der Waals surface area contributed by atoms with Gasteiger partial charge in [0.1, 0.15) is 11.9 Å². The van der Waals surface area contributed by atoms with Gasteiger partial charge in [-0.15, -0.1) is 5.10 Å². The van der Waals surface area contributed by atoms with Gasteiger partial charge in [0.2, 0.25) is 5.91 Å². The lowest BCUT2D eigenvalue weighted by atomic mass is 9.99. The van der Waals surface area contributed by atoms with Gasteiger partial charge in [-0.2, -0.15) is 0 Å². The minimum Gasteiger partial charge on any atom is -0.349 e. The summed E-state index contributed by atoms with van der Waals surface area (Å²) in [6.07, 6.45) is 0. The van der Waals surface area contributed by atoms with Crippen LogP contribution in [0.15, 0.2) is 47.8 Å². The zero-order valence-corrected chi connectivity index (χ0v) is 19.0. The molecular formula is C23H25FN4O2S. The molecule has 0 aliphatic carbocycles. The van der Waals surface area contributed by atoms with E-state index in [9.17, 15) is 14.0 Å². The van der Waals surface area contributed by atoms with Crippen molar-refractivity contribution in [2.24, 2.45) is 0 Å². The van der Waals surface area contributed by atoms with Crippen molar-refractivity contribution in [3.8, 4) is 0 Å². The molecule has 0 aliphatic heterocycles. The minimum atomic E-state index is -1.03. The van der Waals surface area contributed by atoms with E-state index >= 15 is 0 Å². The van der Waals surface area contributed by atoms with Crippen molar-refractivity contribution in [1.29, 1.82) is 0 Å². The number of halogens is 1. The zero-order chi connectivity index (χ0) is 22.8. The molecule has 2 amide bonds. The molecule has 0 saturated heterocycles. The first-order valence-electron chi connectivity index (χ1n) is 9.81. The van der Waals surface area contributed by atoms with Crippen molar-refractivity contribution >= 4 is 29.0 Å². The molecule has 6 nitrogen and oxygen atoms in total. The number of rotatable bonds is 5. The molecule has 162 valence electrons. The van der Waals surface area contributed by atoms with E-state index in [0.717, 1.165) is 22.7 Å². The minimum absolute atomic E-state index is 0.139. The van der Waals surface area contributed by atoms with Crippen LogP contribution in [-0.2, 0) is 4.79 Å². The largest absolute Gasteiger partial charge is 0.349 e. The maximum atomic E-state index is 13.6. The average Bonchev–Trinajstić information content (AvgIpc) is 3.19. The molecule has 1 aromatic heterocycles. The number of aromatic nitrogens is 2. The van der Waals surface area contributed by atoms with Gasteiger partial charge in [-0.05, 0) is 87.1 Å². The molecule has 3 rings (SSSR count). The van der Waals surface area contributed by atoms with Crippen molar-refractivity contribution in [3.63, 3.8) is 0 Å². The van der Waals surface area contributed by atoms with Crippen LogP contribution in [0.1, 0.15) is 54.0 Å². The van der Waals surface area contributed by atoms with E-state index in [4.69, 9.17) is 0 Å². The topological polar surface area (TPSA) is 75.2 Å². The van der Waals surface area contributed by atoms with E-state index in [2.05, 4.69) is 14.9 Å². The summed E-state index contributed by atoms with van der Waals surface area (Å²) in [5, 5.41) is 8.41. The molecule has 1 heterocycles. The average molecular weight is 441 g/mol. The molecule has 8 heteroatoms. The molecule has 0 saturated carbocycles. The predicted octanol–water partition coefficient (Wildman–Crippen LogP) is 4.60. The van der Waals surface area contributed by atoms with Gasteiger partial charge >= 0.3 is 0 Å². The van der Waals surface area contributed by atoms with Gasteiger partial charge in [0.25, 0.3) is 5.91 Å². The number of carbonyl (C=O) groups excluding carboxylic acids is 2. The molecule has 2 aromatic carbocycles. The summed E-state index contributed by atoms with van der Waals surface area (Å²) >= 11 is 1.06. The number of nitrogens with zero attached hydrogens (tertiary/aromatic N) is 3. The third-order valence-corrected chi connectivity index (χ3v) is 4.98. The first-order valence-corrected chi connectivity index (χ1v) is 10.7. The van der Waals surface area contributed by atoms with Crippen molar-refractivity contribution in [2.45, 2.75) is 46.2 Å². The van der Waals surface area contributed by atoms with E-state index in [0.29, 0.717) is 11.3 Å². The highest BCUT2D eigenvalue weighted by Crippen LogP contribution is 2.31. The summed E-state index contributed by atoms with van der Waals surface area (Å²) in [4.78, 5) is 28.4. The van der Waals surface area contributed by atoms with Crippen molar-refractivity contribution in [1.82, 2.24) is 14.9 Å². The lowest BCUT2D eigenvalue weighted by molar-refractivity contribution is -0.123. The summed E-state index contributed by atoms with van der Waals surface area (Å²) in [5.41, 5.74) is 2.53. The maximum Gasteiger partial charge on any atom is 0.280 e. The van der Waals surface area contributed by atoms with Crippen LogP contribution in [0, 0.1) is 19.7 Å². The number of hydrogen-bond donors (Lipinski definition) is 1. The van der Waals surface area contributed by atoms with E-state index in [-0.39, 0.29) is 11.6 Å². The Balaban J connectivity index is 2.21. The molecule has 31 heavy (non-hydrogen) atoms. The molecule has 0 spiro atoms. The monoisotopic (exact) mass is 440 g/mol. The van der Waals surface area contributed by atoms with Gasteiger partial charge in [0, 0.05) is 16.6 Å². The summed E-state index contributed by atoms with van der Waals surface area (Å²) in [6.45, 7) is 9.43. The molecule has 3 aromatic rings. The second kappa shape index (κ2) is 8.93. The zero-order valence-electron chi connectivity index (χ0n) is 18.1. The Morgan fingerprint density at radius 1 is 1.06 bits per heavy atom. The van der Waals surface area contributed by atoms with Crippen LogP contribution in [0.2, 0.25) is 0 Å². The Morgan fingerprint density at radius 2 is 1.68 bits per heavy atom. The molecule has 1 unspecified atom stereocenters. The van der Waals surface area contributed by atoms with Crippen molar-refractivity contribution in [2.75, 3.05) is 4.90 Å². The van der Waals surface area contributed by atoms with Crippen LogP contribution in [0.4, 0.5) is 10.1 Å². The third kappa shape index (κ3) is 5.52. The molecular weight excluding hydrogens is 415 g/mol. The highest BCUT2D eigenvalue weighted by Gasteiger charge is 2.36. The molecule has 0 aliphatic rings. The SMILES string of the molecule is Cc1cc(C)cc(N(C(=O)c2csnn2)C(C(=O)NC(C)(C)C)c2ccc(F)cc2)c1. The Hall–Kier alpha value is -3.13. The lowest BCUT2D eigenvalue weighted by Crippen LogP contribution is -2.49. The van der Waals surface area contributed by atoms with Gasteiger partial charge in [-0.1, -0.05) is 22.7 Å². The quantitative estimate of drug-likeness (QED) is 0.629. The van der Waals surface area contributed by atoms with E-state index < -0.39 is 23.3 Å². The Labute approximate surface area is 185 Å². The Kier molecular flexibility index (Phi) is 6.50. The molecule has 0 radical (unpaired) electrons. The summed E-state index contributed by atoms with van der Waals surface area (Å²) in [7, 11) is 0. The van der Waals surface area contributed by atoms with Gasteiger partial charge in [0.05, 0.1) is 0 Å². The fourth-order valence-corrected chi connectivity index (χ4v) is 3.79. The molecule has 0 bridgehead atoms.